The molecule has 2 aliphatic rings. The molecule has 2 aromatic rings. The number of phenolic OH excluding ortho intramolecular Hbond substituents is 1. The van der Waals surface area contributed by atoms with Gasteiger partial charge in [-0.2, -0.15) is 0 Å². The van der Waals surface area contributed by atoms with Gasteiger partial charge in [-0.25, -0.2) is 0 Å². The minimum absolute atomic E-state index is 0.219. The molecule has 0 spiro atoms. The van der Waals surface area contributed by atoms with E-state index in [0.717, 1.165) is 42.6 Å². The van der Waals surface area contributed by atoms with Crippen molar-refractivity contribution in [3.05, 3.63) is 45.9 Å². The Morgan fingerprint density at radius 2 is 2.00 bits per heavy atom. The summed E-state index contributed by atoms with van der Waals surface area (Å²) in [5.74, 6) is 1.97. The van der Waals surface area contributed by atoms with Crippen LogP contribution in [-0.2, 0) is 6.42 Å². The molecule has 29 heavy (non-hydrogen) atoms. The van der Waals surface area contributed by atoms with Crippen LogP contribution in [0.3, 0.4) is 0 Å². The van der Waals surface area contributed by atoms with Gasteiger partial charge in [-0.05, 0) is 82.0 Å². The van der Waals surface area contributed by atoms with Crippen molar-refractivity contribution in [2.75, 3.05) is 0 Å². The predicted molar refractivity (Wildman–Crippen MR) is 123 cm³/mol. The molecule has 1 aliphatic heterocycles. The molecule has 0 radical (unpaired) electrons. The van der Waals surface area contributed by atoms with Crippen molar-refractivity contribution in [2.45, 2.75) is 84.7 Å². The van der Waals surface area contributed by atoms with Gasteiger partial charge >= 0.3 is 0 Å². The maximum atomic E-state index is 11.6. The minimum Gasteiger partial charge on any atom is -0.507 e. The molecule has 1 N–H and O–H groups in total. The molecular weight excluding hydrogens is 376 g/mol. The Morgan fingerprint density at radius 1 is 1.21 bits per heavy atom. The van der Waals surface area contributed by atoms with E-state index in [1.165, 1.54) is 34.4 Å². The van der Waals surface area contributed by atoms with Crippen molar-refractivity contribution in [1.82, 2.24) is 0 Å². The van der Waals surface area contributed by atoms with Gasteiger partial charge in [-0.1, -0.05) is 31.4 Å². The van der Waals surface area contributed by atoms with Crippen LogP contribution in [0.25, 0.3) is 10.4 Å². The van der Waals surface area contributed by atoms with E-state index in [4.69, 9.17) is 4.74 Å². The number of aryl methyl sites for hydroxylation is 2. The highest BCUT2D eigenvalue weighted by Gasteiger charge is 2.45. The topological polar surface area (TPSA) is 29.5 Å². The average Bonchev–Trinajstić information content (AvgIpc) is 3.06. The number of ether oxygens (including phenoxy) is 1. The Hall–Kier alpha value is -1.74. The number of thiophene rings is 1. The molecule has 0 fully saturated rings. The lowest BCUT2D eigenvalue weighted by molar-refractivity contribution is 0.0108. The summed E-state index contributed by atoms with van der Waals surface area (Å²) < 4.78 is 6.56. The summed E-state index contributed by atoms with van der Waals surface area (Å²) >= 11 is 1.73. The standard InChI is InChI=1S/C26H34O2S/c1-6-7-8-9-18-14-21-24(25(27)23(18)22-13-17(3)15-29-22)19-12-16(2)10-11-20(19)26(4,5)28-21/h12-15,19-20,27H,6-11H2,1-5H3. The molecule has 156 valence electrons. The van der Waals surface area contributed by atoms with E-state index in [2.05, 4.69) is 58.2 Å². The molecule has 2 heterocycles. The second kappa shape index (κ2) is 7.83. The number of unbranched alkanes of at least 4 members (excludes halogenated alkanes) is 2. The maximum Gasteiger partial charge on any atom is 0.132 e. The smallest absolute Gasteiger partial charge is 0.132 e. The first-order valence-electron chi connectivity index (χ1n) is 11.1. The summed E-state index contributed by atoms with van der Waals surface area (Å²) in [6.45, 7) is 11.0. The van der Waals surface area contributed by atoms with Crippen molar-refractivity contribution >= 4 is 11.3 Å². The van der Waals surface area contributed by atoms with Gasteiger partial charge < -0.3 is 9.84 Å². The fraction of sp³-hybridized carbons (Fsp3) is 0.538. The van der Waals surface area contributed by atoms with Crippen LogP contribution in [0.2, 0.25) is 0 Å². The zero-order chi connectivity index (χ0) is 20.8. The number of allylic oxidation sites excluding steroid dienone is 2. The monoisotopic (exact) mass is 410 g/mol. The second-order valence-corrected chi connectivity index (χ2v) is 10.4. The Kier molecular flexibility index (Phi) is 5.54. The number of hydrogen-bond donors (Lipinski definition) is 1. The molecule has 1 aromatic carbocycles. The quantitative estimate of drug-likeness (QED) is 0.403. The van der Waals surface area contributed by atoms with Crippen LogP contribution >= 0.6 is 11.3 Å². The third-order valence-corrected chi connectivity index (χ3v) is 7.82. The van der Waals surface area contributed by atoms with Crippen LogP contribution in [-0.4, -0.2) is 10.7 Å². The Bertz CT molecular complexity index is 934. The molecule has 1 aliphatic carbocycles. The zero-order valence-corrected chi connectivity index (χ0v) is 19.3. The van der Waals surface area contributed by atoms with Crippen LogP contribution in [0, 0.1) is 12.8 Å². The summed E-state index contributed by atoms with van der Waals surface area (Å²) in [7, 11) is 0. The summed E-state index contributed by atoms with van der Waals surface area (Å²) in [6.07, 6.45) is 9.15. The van der Waals surface area contributed by atoms with Crippen molar-refractivity contribution < 1.29 is 9.84 Å². The molecule has 0 saturated heterocycles. The second-order valence-electron chi connectivity index (χ2n) is 9.51. The highest BCUT2D eigenvalue weighted by Crippen LogP contribution is 2.56. The van der Waals surface area contributed by atoms with E-state index in [1.807, 2.05) is 0 Å². The molecule has 4 rings (SSSR count). The fourth-order valence-electron chi connectivity index (χ4n) is 5.21. The van der Waals surface area contributed by atoms with Crippen molar-refractivity contribution in [2.24, 2.45) is 5.92 Å². The van der Waals surface area contributed by atoms with Gasteiger partial charge in [0.25, 0.3) is 0 Å². The Morgan fingerprint density at radius 3 is 2.69 bits per heavy atom. The largest absolute Gasteiger partial charge is 0.507 e. The van der Waals surface area contributed by atoms with Crippen molar-refractivity contribution in [1.29, 1.82) is 0 Å². The van der Waals surface area contributed by atoms with Gasteiger partial charge in [0, 0.05) is 27.8 Å². The molecule has 2 nitrogen and oxygen atoms in total. The highest BCUT2D eigenvalue weighted by molar-refractivity contribution is 7.13. The molecule has 3 heteroatoms. The number of phenols is 1. The van der Waals surface area contributed by atoms with Crippen LogP contribution in [0.5, 0.6) is 11.5 Å². The summed E-state index contributed by atoms with van der Waals surface area (Å²) in [5.41, 5.74) is 5.73. The lowest BCUT2D eigenvalue weighted by atomic mass is 9.67. The lowest BCUT2D eigenvalue weighted by Crippen LogP contribution is -2.45. The first-order valence-corrected chi connectivity index (χ1v) is 12.0. The summed E-state index contributed by atoms with van der Waals surface area (Å²) in [5, 5.41) is 13.8. The number of rotatable bonds is 5. The van der Waals surface area contributed by atoms with E-state index in [9.17, 15) is 5.11 Å². The van der Waals surface area contributed by atoms with Gasteiger partial charge in [0.15, 0.2) is 0 Å². The minimum atomic E-state index is -0.219. The Labute approximate surface area is 179 Å². The van der Waals surface area contributed by atoms with Gasteiger partial charge in [0.2, 0.25) is 0 Å². The first kappa shape index (κ1) is 20.5. The van der Waals surface area contributed by atoms with Gasteiger partial charge in [0.05, 0.1) is 0 Å². The SMILES string of the molecule is CCCCCc1cc2c(c(O)c1-c1cc(C)cs1)C1C=C(C)CCC1C(C)(C)O2. The Balaban J connectivity index is 1.90. The van der Waals surface area contributed by atoms with Crippen LogP contribution < -0.4 is 4.74 Å². The van der Waals surface area contributed by atoms with Crippen LogP contribution in [0.1, 0.15) is 82.4 Å². The third kappa shape index (κ3) is 3.74. The molecule has 2 unspecified atom stereocenters. The molecular formula is C26H34O2S. The summed E-state index contributed by atoms with van der Waals surface area (Å²) in [4.78, 5) is 1.17. The van der Waals surface area contributed by atoms with Gasteiger partial charge in [-0.15, -0.1) is 11.3 Å². The lowest BCUT2D eigenvalue weighted by Gasteiger charge is -2.46. The van der Waals surface area contributed by atoms with E-state index in [-0.39, 0.29) is 11.5 Å². The number of fused-ring (bicyclic) bond motifs is 3. The van der Waals surface area contributed by atoms with Gasteiger partial charge in [0.1, 0.15) is 17.1 Å². The van der Waals surface area contributed by atoms with Crippen LogP contribution in [0.15, 0.2) is 29.2 Å². The molecule has 0 bridgehead atoms. The highest BCUT2D eigenvalue weighted by atomic mass is 32.1. The first-order chi connectivity index (χ1) is 13.8. The molecule has 2 atom stereocenters. The van der Waals surface area contributed by atoms with E-state index < -0.39 is 0 Å². The van der Waals surface area contributed by atoms with E-state index >= 15 is 0 Å². The maximum absolute atomic E-state index is 11.6. The third-order valence-electron chi connectivity index (χ3n) is 6.76. The number of hydrogen-bond acceptors (Lipinski definition) is 3. The molecule has 0 saturated carbocycles. The van der Waals surface area contributed by atoms with Crippen LogP contribution in [0.4, 0.5) is 0 Å². The van der Waals surface area contributed by atoms with Crippen molar-refractivity contribution in [3.63, 3.8) is 0 Å². The average molecular weight is 411 g/mol. The molecule has 0 amide bonds. The number of benzene rings is 1. The van der Waals surface area contributed by atoms with Gasteiger partial charge in [-0.3, -0.25) is 0 Å². The zero-order valence-electron chi connectivity index (χ0n) is 18.5. The normalized spacial score (nSPS) is 22.4. The molecule has 1 aromatic heterocycles. The fourth-order valence-corrected chi connectivity index (χ4v) is 6.19. The summed E-state index contributed by atoms with van der Waals surface area (Å²) in [6, 6.07) is 4.45. The number of aromatic hydroxyl groups is 1. The van der Waals surface area contributed by atoms with Crippen molar-refractivity contribution in [3.8, 4) is 21.9 Å². The van der Waals surface area contributed by atoms with E-state index in [1.54, 1.807) is 11.3 Å². The predicted octanol–water partition coefficient (Wildman–Crippen LogP) is 7.77. The van der Waals surface area contributed by atoms with E-state index in [0.29, 0.717) is 11.7 Å².